The molecule has 0 aliphatic carbocycles. The summed E-state index contributed by atoms with van der Waals surface area (Å²) in [5.41, 5.74) is 1.33. The standard InChI is InChI=1S/C17H18/c1-5-16(17(2,3)4)15-11-10-13-8-6-7-9-14(13)12-15/h1,6-12,16H,2-4H3/t16-/m1/s1. The van der Waals surface area contributed by atoms with Crippen LogP contribution in [-0.4, -0.2) is 0 Å². The monoisotopic (exact) mass is 222 g/mol. The molecule has 0 heterocycles. The van der Waals surface area contributed by atoms with E-state index in [4.69, 9.17) is 6.42 Å². The zero-order valence-corrected chi connectivity index (χ0v) is 10.7. The molecule has 86 valence electrons. The van der Waals surface area contributed by atoms with Crippen LogP contribution < -0.4 is 0 Å². The van der Waals surface area contributed by atoms with Crippen LogP contribution >= 0.6 is 0 Å². The second-order valence-electron chi connectivity index (χ2n) is 5.57. The van der Waals surface area contributed by atoms with Crippen molar-refractivity contribution in [2.24, 2.45) is 5.41 Å². The lowest BCUT2D eigenvalue weighted by Gasteiger charge is -2.26. The molecule has 0 N–H and O–H groups in total. The molecule has 0 unspecified atom stereocenters. The van der Waals surface area contributed by atoms with Gasteiger partial charge in [-0.25, -0.2) is 0 Å². The summed E-state index contributed by atoms with van der Waals surface area (Å²) in [6.07, 6.45) is 5.69. The summed E-state index contributed by atoms with van der Waals surface area (Å²) in [6.45, 7) is 6.56. The molecule has 1 atom stereocenters. The van der Waals surface area contributed by atoms with E-state index in [1.165, 1.54) is 16.3 Å². The maximum Gasteiger partial charge on any atom is 0.0498 e. The molecule has 0 radical (unpaired) electrons. The van der Waals surface area contributed by atoms with Crippen LogP contribution in [0.15, 0.2) is 42.5 Å². The fourth-order valence-electron chi connectivity index (χ4n) is 2.23. The molecule has 0 aromatic heterocycles. The van der Waals surface area contributed by atoms with Crippen molar-refractivity contribution in [2.75, 3.05) is 0 Å². The maximum absolute atomic E-state index is 5.69. The van der Waals surface area contributed by atoms with Gasteiger partial charge in [-0.05, 0) is 27.8 Å². The van der Waals surface area contributed by atoms with Gasteiger partial charge < -0.3 is 0 Å². The summed E-state index contributed by atoms with van der Waals surface area (Å²) < 4.78 is 0. The van der Waals surface area contributed by atoms with Crippen LogP contribution in [0.5, 0.6) is 0 Å². The van der Waals surface area contributed by atoms with E-state index in [0.29, 0.717) is 0 Å². The Morgan fingerprint density at radius 3 is 2.24 bits per heavy atom. The third-order valence-electron chi connectivity index (χ3n) is 3.14. The number of fused-ring (bicyclic) bond motifs is 1. The molecular formula is C17H18. The normalized spacial score (nSPS) is 13.3. The third kappa shape index (κ3) is 2.34. The van der Waals surface area contributed by atoms with Crippen molar-refractivity contribution >= 4 is 10.8 Å². The number of hydrogen-bond donors (Lipinski definition) is 0. The van der Waals surface area contributed by atoms with E-state index in [1.807, 2.05) is 0 Å². The van der Waals surface area contributed by atoms with E-state index < -0.39 is 0 Å². The number of rotatable bonds is 1. The van der Waals surface area contributed by atoms with E-state index in [9.17, 15) is 0 Å². The van der Waals surface area contributed by atoms with Crippen LogP contribution in [0.4, 0.5) is 0 Å². The van der Waals surface area contributed by atoms with Gasteiger partial charge in [-0.1, -0.05) is 63.1 Å². The van der Waals surface area contributed by atoms with Crippen LogP contribution in [0.1, 0.15) is 32.3 Å². The molecule has 0 aliphatic rings. The summed E-state index contributed by atoms with van der Waals surface area (Å²) in [7, 11) is 0. The SMILES string of the molecule is C#C[C@H](c1ccc2ccccc2c1)C(C)(C)C. The summed E-state index contributed by atoms with van der Waals surface area (Å²) in [6, 6.07) is 14.9. The molecule has 0 aliphatic heterocycles. The molecule has 2 rings (SSSR count). The van der Waals surface area contributed by atoms with Gasteiger partial charge in [0.2, 0.25) is 0 Å². The minimum absolute atomic E-state index is 0.0945. The first-order chi connectivity index (χ1) is 8.02. The van der Waals surface area contributed by atoms with Gasteiger partial charge in [0.15, 0.2) is 0 Å². The summed E-state index contributed by atoms with van der Waals surface area (Å²) >= 11 is 0. The predicted molar refractivity (Wildman–Crippen MR) is 75.0 cm³/mol. The van der Waals surface area contributed by atoms with Crippen molar-refractivity contribution in [1.82, 2.24) is 0 Å². The summed E-state index contributed by atoms with van der Waals surface area (Å²) in [5, 5.41) is 2.52. The van der Waals surface area contributed by atoms with Crippen LogP contribution in [0.2, 0.25) is 0 Å². The smallest absolute Gasteiger partial charge is 0.0498 e. The van der Waals surface area contributed by atoms with Crippen LogP contribution in [0.3, 0.4) is 0 Å². The molecule has 0 fully saturated rings. The number of hydrogen-bond acceptors (Lipinski definition) is 0. The van der Waals surface area contributed by atoms with E-state index in [0.717, 1.165) is 0 Å². The van der Waals surface area contributed by atoms with Crippen molar-refractivity contribution in [2.45, 2.75) is 26.7 Å². The zero-order chi connectivity index (χ0) is 12.5. The Kier molecular flexibility index (Phi) is 2.94. The van der Waals surface area contributed by atoms with Gasteiger partial charge in [-0.2, -0.15) is 0 Å². The van der Waals surface area contributed by atoms with Crippen LogP contribution in [0.25, 0.3) is 10.8 Å². The van der Waals surface area contributed by atoms with Crippen molar-refractivity contribution in [3.8, 4) is 12.3 Å². The largest absolute Gasteiger partial charge is 0.119 e. The molecular weight excluding hydrogens is 204 g/mol. The third-order valence-corrected chi connectivity index (χ3v) is 3.14. The highest BCUT2D eigenvalue weighted by molar-refractivity contribution is 5.83. The zero-order valence-electron chi connectivity index (χ0n) is 10.7. The van der Waals surface area contributed by atoms with Gasteiger partial charge in [0.1, 0.15) is 0 Å². The molecule has 0 nitrogen and oxygen atoms in total. The van der Waals surface area contributed by atoms with Gasteiger partial charge in [-0.15, -0.1) is 6.42 Å². The van der Waals surface area contributed by atoms with Gasteiger partial charge in [0.25, 0.3) is 0 Å². The molecule has 2 aromatic rings. The highest BCUT2D eigenvalue weighted by Gasteiger charge is 2.24. The van der Waals surface area contributed by atoms with E-state index in [2.05, 4.69) is 69.2 Å². The van der Waals surface area contributed by atoms with Gasteiger partial charge in [0.05, 0.1) is 0 Å². The van der Waals surface area contributed by atoms with Gasteiger partial charge in [-0.3, -0.25) is 0 Å². The molecule has 0 saturated heterocycles. The lowest BCUT2D eigenvalue weighted by Crippen LogP contribution is -2.16. The van der Waals surface area contributed by atoms with Crippen molar-refractivity contribution < 1.29 is 0 Å². The fraction of sp³-hybridized carbons (Fsp3) is 0.294. The first kappa shape index (κ1) is 11.7. The van der Waals surface area contributed by atoms with E-state index in [-0.39, 0.29) is 11.3 Å². The first-order valence-corrected chi connectivity index (χ1v) is 5.97. The Bertz CT molecular complexity index is 564. The minimum Gasteiger partial charge on any atom is -0.119 e. The lowest BCUT2D eigenvalue weighted by atomic mass is 9.77. The molecule has 17 heavy (non-hydrogen) atoms. The average Bonchev–Trinajstić information content (AvgIpc) is 2.28. The van der Waals surface area contributed by atoms with Crippen LogP contribution in [0, 0.1) is 17.8 Å². The van der Waals surface area contributed by atoms with Crippen LogP contribution in [-0.2, 0) is 0 Å². The number of benzene rings is 2. The second kappa shape index (κ2) is 4.26. The molecule has 0 spiro atoms. The van der Waals surface area contributed by atoms with E-state index >= 15 is 0 Å². The second-order valence-corrected chi connectivity index (χ2v) is 5.57. The Balaban J connectivity index is 2.53. The minimum atomic E-state index is 0.0945. The molecule has 0 saturated carbocycles. The van der Waals surface area contributed by atoms with E-state index in [1.54, 1.807) is 0 Å². The highest BCUT2D eigenvalue weighted by Crippen LogP contribution is 2.35. The number of terminal acetylenes is 1. The molecule has 0 heteroatoms. The fourth-order valence-corrected chi connectivity index (χ4v) is 2.23. The Morgan fingerprint density at radius 1 is 1.00 bits per heavy atom. The first-order valence-electron chi connectivity index (χ1n) is 5.97. The molecule has 0 amide bonds. The summed E-state index contributed by atoms with van der Waals surface area (Å²) in [4.78, 5) is 0. The van der Waals surface area contributed by atoms with Gasteiger partial charge >= 0.3 is 0 Å². The molecule has 0 bridgehead atoms. The topological polar surface area (TPSA) is 0 Å². The van der Waals surface area contributed by atoms with Crippen molar-refractivity contribution in [1.29, 1.82) is 0 Å². The lowest BCUT2D eigenvalue weighted by molar-refractivity contribution is 0.375. The van der Waals surface area contributed by atoms with Crippen molar-refractivity contribution in [3.05, 3.63) is 48.0 Å². The molecule has 2 aromatic carbocycles. The average molecular weight is 222 g/mol. The Labute approximate surface area is 104 Å². The summed E-state index contributed by atoms with van der Waals surface area (Å²) in [5.74, 6) is 3.08. The highest BCUT2D eigenvalue weighted by atomic mass is 14.3. The predicted octanol–water partition coefficient (Wildman–Crippen LogP) is 4.60. The maximum atomic E-state index is 5.69. The Hall–Kier alpha value is -1.74. The van der Waals surface area contributed by atoms with Gasteiger partial charge in [0, 0.05) is 5.92 Å². The van der Waals surface area contributed by atoms with Crippen molar-refractivity contribution in [3.63, 3.8) is 0 Å². The Morgan fingerprint density at radius 2 is 1.65 bits per heavy atom. The quantitative estimate of drug-likeness (QED) is 0.618.